The Hall–Kier alpha value is -2.37. The molecule has 1 aromatic carbocycles. The standard InChI is InChI=1S/C15H18N4O2/c1-2-21-12-6-4-3-5-11(12)9-16-15(20)14-13(10-7-8-10)17-19-18-14/h3-6,10H,2,7-9H2,1H3,(H,16,20)(H,17,18,19). The average Bonchev–Trinajstić information content (AvgIpc) is 3.23. The van der Waals surface area contributed by atoms with Crippen LogP contribution in [0.3, 0.4) is 0 Å². The van der Waals surface area contributed by atoms with Gasteiger partial charge in [-0.2, -0.15) is 15.4 Å². The van der Waals surface area contributed by atoms with Crippen molar-refractivity contribution in [3.63, 3.8) is 0 Å². The smallest absolute Gasteiger partial charge is 0.274 e. The van der Waals surface area contributed by atoms with Crippen LogP contribution in [0.1, 0.15) is 47.4 Å². The molecule has 6 nitrogen and oxygen atoms in total. The van der Waals surface area contributed by atoms with Crippen LogP contribution >= 0.6 is 0 Å². The van der Waals surface area contributed by atoms with Crippen molar-refractivity contribution in [3.8, 4) is 5.75 Å². The van der Waals surface area contributed by atoms with Crippen LogP contribution in [-0.2, 0) is 6.54 Å². The fourth-order valence-electron chi connectivity index (χ4n) is 2.25. The molecule has 1 aliphatic rings. The molecule has 0 saturated heterocycles. The molecule has 0 radical (unpaired) electrons. The van der Waals surface area contributed by atoms with Crippen molar-refractivity contribution in [1.29, 1.82) is 0 Å². The van der Waals surface area contributed by atoms with Gasteiger partial charge in [0.25, 0.3) is 5.91 Å². The highest BCUT2D eigenvalue weighted by molar-refractivity contribution is 5.93. The SMILES string of the molecule is CCOc1ccccc1CNC(=O)c1n[nH]nc1C1CC1. The van der Waals surface area contributed by atoms with Gasteiger partial charge in [0.05, 0.1) is 12.3 Å². The lowest BCUT2D eigenvalue weighted by molar-refractivity contribution is 0.0944. The van der Waals surface area contributed by atoms with Gasteiger partial charge in [0.15, 0.2) is 5.69 Å². The first-order chi connectivity index (χ1) is 10.3. The number of hydrogen-bond donors (Lipinski definition) is 2. The van der Waals surface area contributed by atoms with Gasteiger partial charge in [0, 0.05) is 18.0 Å². The Morgan fingerprint density at radius 1 is 1.38 bits per heavy atom. The fraction of sp³-hybridized carbons (Fsp3) is 0.400. The van der Waals surface area contributed by atoms with E-state index in [-0.39, 0.29) is 5.91 Å². The number of nitrogens with zero attached hydrogens (tertiary/aromatic N) is 2. The molecular formula is C15H18N4O2. The minimum Gasteiger partial charge on any atom is -0.494 e. The summed E-state index contributed by atoms with van der Waals surface area (Å²) in [6, 6.07) is 7.68. The zero-order valence-electron chi connectivity index (χ0n) is 11.9. The third kappa shape index (κ3) is 3.04. The van der Waals surface area contributed by atoms with Gasteiger partial charge in [0.1, 0.15) is 5.75 Å². The second kappa shape index (κ2) is 5.95. The second-order valence-electron chi connectivity index (χ2n) is 5.06. The number of amides is 1. The normalized spacial score (nSPS) is 14.0. The topological polar surface area (TPSA) is 79.9 Å². The molecule has 0 bridgehead atoms. The molecule has 6 heteroatoms. The Kier molecular flexibility index (Phi) is 3.85. The minimum atomic E-state index is -0.197. The Morgan fingerprint density at radius 3 is 2.95 bits per heavy atom. The molecule has 0 atom stereocenters. The number of H-pyrrole nitrogens is 1. The molecule has 1 amide bonds. The minimum absolute atomic E-state index is 0.197. The number of hydrogen-bond acceptors (Lipinski definition) is 4. The van der Waals surface area contributed by atoms with Crippen LogP contribution in [0, 0.1) is 0 Å². The Balaban J connectivity index is 1.67. The van der Waals surface area contributed by atoms with Crippen LogP contribution in [0.4, 0.5) is 0 Å². The number of rotatable bonds is 6. The molecule has 1 fully saturated rings. The maximum Gasteiger partial charge on any atom is 0.274 e. The van der Waals surface area contributed by atoms with Crippen LogP contribution in [0.2, 0.25) is 0 Å². The van der Waals surface area contributed by atoms with Crippen molar-refractivity contribution in [2.45, 2.75) is 32.2 Å². The molecule has 1 aliphatic carbocycles. The van der Waals surface area contributed by atoms with Crippen LogP contribution in [0.15, 0.2) is 24.3 Å². The molecule has 2 aromatic rings. The summed E-state index contributed by atoms with van der Waals surface area (Å²) in [6.07, 6.45) is 2.17. The van der Waals surface area contributed by atoms with Gasteiger partial charge >= 0.3 is 0 Å². The summed E-state index contributed by atoms with van der Waals surface area (Å²) in [5, 5.41) is 13.5. The molecule has 21 heavy (non-hydrogen) atoms. The first-order valence-electron chi connectivity index (χ1n) is 7.19. The molecule has 3 rings (SSSR count). The zero-order valence-corrected chi connectivity index (χ0v) is 11.9. The molecular weight excluding hydrogens is 268 g/mol. The summed E-state index contributed by atoms with van der Waals surface area (Å²) in [4.78, 5) is 12.2. The number of carbonyl (C=O) groups excluding carboxylic acids is 1. The third-order valence-electron chi connectivity index (χ3n) is 3.47. The van der Waals surface area contributed by atoms with Gasteiger partial charge in [0.2, 0.25) is 0 Å². The van der Waals surface area contributed by atoms with Gasteiger partial charge in [-0.25, -0.2) is 0 Å². The van der Waals surface area contributed by atoms with Crippen molar-refractivity contribution in [1.82, 2.24) is 20.7 Å². The summed E-state index contributed by atoms with van der Waals surface area (Å²) in [5.41, 5.74) is 2.14. The van der Waals surface area contributed by atoms with Crippen molar-refractivity contribution in [2.75, 3.05) is 6.61 Å². The number of nitrogens with one attached hydrogen (secondary N) is 2. The number of para-hydroxylation sites is 1. The molecule has 110 valence electrons. The van der Waals surface area contributed by atoms with Crippen LogP contribution in [0.5, 0.6) is 5.75 Å². The van der Waals surface area contributed by atoms with E-state index >= 15 is 0 Å². The lowest BCUT2D eigenvalue weighted by atomic mass is 10.2. The van der Waals surface area contributed by atoms with E-state index in [1.54, 1.807) is 0 Å². The highest BCUT2D eigenvalue weighted by Gasteiger charge is 2.31. The molecule has 0 unspecified atom stereocenters. The Morgan fingerprint density at radius 2 is 2.19 bits per heavy atom. The number of benzene rings is 1. The van der Waals surface area contributed by atoms with Crippen LogP contribution < -0.4 is 10.1 Å². The van der Waals surface area contributed by atoms with Gasteiger partial charge in [-0.1, -0.05) is 18.2 Å². The maximum absolute atomic E-state index is 12.2. The zero-order chi connectivity index (χ0) is 14.7. The summed E-state index contributed by atoms with van der Waals surface area (Å²) >= 11 is 0. The lowest BCUT2D eigenvalue weighted by Gasteiger charge is -2.10. The van der Waals surface area contributed by atoms with E-state index in [2.05, 4.69) is 20.7 Å². The van der Waals surface area contributed by atoms with E-state index in [9.17, 15) is 4.79 Å². The van der Waals surface area contributed by atoms with Crippen LogP contribution in [0.25, 0.3) is 0 Å². The van der Waals surface area contributed by atoms with E-state index < -0.39 is 0 Å². The molecule has 0 spiro atoms. The monoisotopic (exact) mass is 286 g/mol. The van der Waals surface area contributed by atoms with Crippen molar-refractivity contribution in [2.24, 2.45) is 0 Å². The highest BCUT2D eigenvalue weighted by Crippen LogP contribution is 2.39. The van der Waals surface area contributed by atoms with Gasteiger partial charge in [-0.15, -0.1) is 0 Å². The van der Waals surface area contributed by atoms with Crippen molar-refractivity contribution >= 4 is 5.91 Å². The molecule has 1 heterocycles. The summed E-state index contributed by atoms with van der Waals surface area (Å²) in [6.45, 7) is 2.94. The maximum atomic E-state index is 12.2. The first-order valence-corrected chi connectivity index (χ1v) is 7.19. The van der Waals surface area contributed by atoms with E-state index in [1.165, 1.54) is 0 Å². The molecule has 2 N–H and O–H groups in total. The third-order valence-corrected chi connectivity index (χ3v) is 3.47. The van der Waals surface area contributed by atoms with E-state index in [0.717, 1.165) is 29.8 Å². The number of ether oxygens (including phenoxy) is 1. The average molecular weight is 286 g/mol. The molecule has 1 aromatic heterocycles. The highest BCUT2D eigenvalue weighted by atomic mass is 16.5. The number of aromatic nitrogens is 3. The first kappa shape index (κ1) is 13.6. The van der Waals surface area contributed by atoms with Gasteiger partial charge in [-0.05, 0) is 25.8 Å². The molecule has 0 aliphatic heterocycles. The van der Waals surface area contributed by atoms with Crippen molar-refractivity contribution < 1.29 is 9.53 Å². The lowest BCUT2D eigenvalue weighted by Crippen LogP contribution is -2.24. The quantitative estimate of drug-likeness (QED) is 0.851. The predicted molar refractivity (Wildman–Crippen MR) is 77.1 cm³/mol. The summed E-state index contributed by atoms with van der Waals surface area (Å²) in [7, 11) is 0. The van der Waals surface area contributed by atoms with E-state index in [1.807, 2.05) is 31.2 Å². The predicted octanol–water partition coefficient (Wildman–Crippen LogP) is 2.01. The molecule has 1 saturated carbocycles. The number of carbonyl (C=O) groups is 1. The van der Waals surface area contributed by atoms with E-state index in [0.29, 0.717) is 24.8 Å². The summed E-state index contributed by atoms with van der Waals surface area (Å²) in [5.74, 6) is 0.986. The van der Waals surface area contributed by atoms with Crippen LogP contribution in [-0.4, -0.2) is 27.9 Å². The largest absolute Gasteiger partial charge is 0.494 e. The van der Waals surface area contributed by atoms with Crippen molar-refractivity contribution in [3.05, 3.63) is 41.2 Å². The van der Waals surface area contributed by atoms with Gasteiger partial charge < -0.3 is 10.1 Å². The van der Waals surface area contributed by atoms with Gasteiger partial charge in [-0.3, -0.25) is 4.79 Å². The fourth-order valence-corrected chi connectivity index (χ4v) is 2.25. The van der Waals surface area contributed by atoms with E-state index in [4.69, 9.17) is 4.74 Å². The Labute approximate surface area is 122 Å². The Bertz CT molecular complexity index is 634. The summed E-state index contributed by atoms with van der Waals surface area (Å²) < 4.78 is 5.55. The second-order valence-corrected chi connectivity index (χ2v) is 5.06. The number of aromatic amines is 1.